The Morgan fingerprint density at radius 3 is 2.45 bits per heavy atom. The first kappa shape index (κ1) is 14.9. The van der Waals surface area contributed by atoms with E-state index in [1.807, 2.05) is 13.8 Å². The van der Waals surface area contributed by atoms with E-state index in [1.165, 1.54) is 0 Å². The van der Waals surface area contributed by atoms with Crippen LogP contribution in [0.3, 0.4) is 0 Å². The lowest BCUT2D eigenvalue weighted by atomic mass is 9.61. The van der Waals surface area contributed by atoms with Gasteiger partial charge in [0.1, 0.15) is 11.6 Å². The fourth-order valence-electron chi connectivity index (χ4n) is 2.93. The van der Waals surface area contributed by atoms with Crippen molar-refractivity contribution in [3.05, 3.63) is 35.4 Å². The molecule has 1 aromatic rings. The van der Waals surface area contributed by atoms with Crippen molar-refractivity contribution in [2.45, 2.75) is 38.2 Å². The van der Waals surface area contributed by atoms with E-state index in [1.54, 1.807) is 4.90 Å². The molecule has 0 radical (unpaired) electrons. The number of likely N-dealkylation sites (N-methyl/N-ethyl adjacent to an activating group) is 1. The smallest absolute Gasteiger partial charge is 0.233 e. The normalized spacial score (nSPS) is 25.1. The van der Waals surface area contributed by atoms with Gasteiger partial charge in [-0.3, -0.25) is 4.79 Å². The van der Waals surface area contributed by atoms with Crippen molar-refractivity contribution in [1.29, 1.82) is 0 Å². The highest BCUT2D eigenvalue weighted by atomic mass is 19.1. The fourth-order valence-corrected chi connectivity index (χ4v) is 2.93. The second-order valence-electron chi connectivity index (χ2n) is 5.25. The summed E-state index contributed by atoms with van der Waals surface area (Å²) in [6, 6.07) is 3.14. The van der Waals surface area contributed by atoms with Gasteiger partial charge in [0.15, 0.2) is 0 Å². The number of benzene rings is 1. The zero-order valence-corrected chi connectivity index (χ0v) is 11.7. The van der Waals surface area contributed by atoms with Gasteiger partial charge in [0.25, 0.3) is 0 Å². The molecule has 0 spiro atoms. The van der Waals surface area contributed by atoms with Crippen LogP contribution in [0, 0.1) is 11.6 Å². The van der Waals surface area contributed by atoms with Gasteiger partial charge < -0.3 is 10.0 Å². The zero-order chi connectivity index (χ0) is 14.9. The molecule has 0 aliphatic heterocycles. The van der Waals surface area contributed by atoms with Crippen LogP contribution in [0.2, 0.25) is 0 Å². The maximum atomic E-state index is 14.0. The molecule has 1 aliphatic rings. The van der Waals surface area contributed by atoms with Crippen LogP contribution in [0.1, 0.15) is 32.3 Å². The molecule has 1 aromatic carbocycles. The van der Waals surface area contributed by atoms with Crippen LogP contribution in [0.25, 0.3) is 0 Å². The quantitative estimate of drug-likeness (QED) is 0.920. The van der Waals surface area contributed by atoms with E-state index in [0.717, 1.165) is 18.2 Å². The lowest BCUT2D eigenvalue weighted by Crippen LogP contribution is -2.56. The first-order valence-electron chi connectivity index (χ1n) is 6.87. The molecule has 110 valence electrons. The van der Waals surface area contributed by atoms with Crippen LogP contribution in [0.5, 0.6) is 0 Å². The number of rotatable bonds is 4. The molecule has 1 fully saturated rings. The van der Waals surface area contributed by atoms with Gasteiger partial charge in [0.05, 0.1) is 11.5 Å². The second-order valence-corrected chi connectivity index (χ2v) is 5.25. The van der Waals surface area contributed by atoms with Crippen LogP contribution in [-0.4, -0.2) is 35.1 Å². The monoisotopic (exact) mass is 283 g/mol. The molecule has 1 N–H and O–H groups in total. The van der Waals surface area contributed by atoms with Gasteiger partial charge in [0.2, 0.25) is 5.91 Å². The predicted octanol–water partition coefficient (Wildman–Crippen LogP) is 2.23. The van der Waals surface area contributed by atoms with Crippen molar-refractivity contribution in [2.24, 2.45) is 0 Å². The van der Waals surface area contributed by atoms with Crippen LogP contribution in [0.4, 0.5) is 8.78 Å². The van der Waals surface area contributed by atoms with Crippen LogP contribution in [0.15, 0.2) is 18.2 Å². The first-order valence-corrected chi connectivity index (χ1v) is 6.87. The molecule has 2 rings (SSSR count). The third-order valence-electron chi connectivity index (χ3n) is 4.07. The summed E-state index contributed by atoms with van der Waals surface area (Å²) < 4.78 is 27.4. The van der Waals surface area contributed by atoms with E-state index >= 15 is 0 Å². The molecule has 0 bridgehead atoms. The molecule has 0 atom stereocenters. The minimum atomic E-state index is -1.13. The Morgan fingerprint density at radius 1 is 1.35 bits per heavy atom. The number of aliphatic hydroxyl groups is 1. The number of carbonyl (C=O) groups is 1. The molecule has 0 unspecified atom stereocenters. The molecule has 1 saturated carbocycles. The van der Waals surface area contributed by atoms with Gasteiger partial charge in [-0.15, -0.1) is 0 Å². The number of amides is 1. The molecule has 3 nitrogen and oxygen atoms in total. The molecule has 0 saturated heterocycles. The van der Waals surface area contributed by atoms with Crippen LogP contribution < -0.4 is 0 Å². The van der Waals surface area contributed by atoms with E-state index in [-0.39, 0.29) is 24.3 Å². The fraction of sp³-hybridized carbons (Fsp3) is 0.533. The number of halogens is 2. The first-order chi connectivity index (χ1) is 9.44. The minimum Gasteiger partial charge on any atom is -0.393 e. The summed E-state index contributed by atoms with van der Waals surface area (Å²) in [5.41, 5.74) is -1.07. The van der Waals surface area contributed by atoms with Crippen molar-refractivity contribution in [2.75, 3.05) is 13.1 Å². The molecule has 1 aliphatic carbocycles. The molecular weight excluding hydrogens is 264 g/mol. The van der Waals surface area contributed by atoms with Crippen molar-refractivity contribution < 1.29 is 18.7 Å². The van der Waals surface area contributed by atoms with Crippen molar-refractivity contribution in [1.82, 2.24) is 4.90 Å². The highest BCUT2D eigenvalue weighted by Crippen LogP contribution is 2.46. The maximum absolute atomic E-state index is 14.0. The van der Waals surface area contributed by atoms with Crippen LogP contribution >= 0.6 is 0 Å². The average Bonchev–Trinajstić information content (AvgIpc) is 2.39. The summed E-state index contributed by atoms with van der Waals surface area (Å²) in [7, 11) is 0. The molecule has 0 aromatic heterocycles. The third kappa shape index (κ3) is 2.30. The Labute approximate surface area is 117 Å². The third-order valence-corrected chi connectivity index (χ3v) is 4.07. The summed E-state index contributed by atoms with van der Waals surface area (Å²) in [6.07, 6.45) is -0.358. The highest BCUT2D eigenvalue weighted by molar-refractivity contribution is 5.89. The Balaban J connectivity index is 2.45. The molecule has 1 amide bonds. The van der Waals surface area contributed by atoms with Gasteiger partial charge in [-0.2, -0.15) is 0 Å². The van der Waals surface area contributed by atoms with Crippen molar-refractivity contribution in [3.63, 3.8) is 0 Å². The van der Waals surface area contributed by atoms with Gasteiger partial charge in [0, 0.05) is 18.7 Å². The molecular formula is C15H19F2NO2. The number of hydrogen-bond donors (Lipinski definition) is 1. The van der Waals surface area contributed by atoms with E-state index < -0.39 is 23.2 Å². The second kappa shape index (κ2) is 5.48. The van der Waals surface area contributed by atoms with Crippen molar-refractivity contribution in [3.8, 4) is 0 Å². The zero-order valence-electron chi connectivity index (χ0n) is 11.7. The molecule has 0 heterocycles. The number of carbonyl (C=O) groups excluding carboxylic acids is 1. The van der Waals surface area contributed by atoms with Crippen molar-refractivity contribution >= 4 is 5.91 Å². The Bertz CT molecular complexity index is 509. The Kier molecular flexibility index (Phi) is 4.09. The van der Waals surface area contributed by atoms with Gasteiger partial charge in [-0.05, 0) is 44.9 Å². The van der Waals surface area contributed by atoms with Gasteiger partial charge >= 0.3 is 0 Å². The van der Waals surface area contributed by atoms with Gasteiger partial charge in [-0.25, -0.2) is 8.78 Å². The number of nitrogens with zero attached hydrogens (tertiary/aromatic N) is 1. The van der Waals surface area contributed by atoms with Crippen LogP contribution in [-0.2, 0) is 10.2 Å². The molecule has 5 heteroatoms. The summed E-state index contributed by atoms with van der Waals surface area (Å²) in [5, 5.41) is 9.59. The standard InChI is InChI=1S/C15H19F2NO2/c1-3-18(4-2)14(20)15(8-11(19)9-15)12-7-10(16)5-6-13(12)17/h5-7,11,19H,3-4,8-9H2,1-2H3. The summed E-state index contributed by atoms with van der Waals surface area (Å²) >= 11 is 0. The van der Waals surface area contributed by atoms with E-state index in [2.05, 4.69) is 0 Å². The number of aliphatic hydroxyl groups excluding tert-OH is 1. The maximum Gasteiger partial charge on any atom is 0.233 e. The van der Waals surface area contributed by atoms with Gasteiger partial charge in [-0.1, -0.05) is 0 Å². The summed E-state index contributed by atoms with van der Waals surface area (Å²) in [5.74, 6) is -1.41. The highest BCUT2D eigenvalue weighted by Gasteiger charge is 2.53. The average molecular weight is 283 g/mol. The predicted molar refractivity (Wildman–Crippen MR) is 71.2 cm³/mol. The Hall–Kier alpha value is -1.49. The SMILES string of the molecule is CCN(CC)C(=O)C1(c2cc(F)ccc2F)CC(O)C1. The summed E-state index contributed by atoms with van der Waals surface area (Å²) in [6.45, 7) is 4.69. The lowest BCUT2D eigenvalue weighted by Gasteiger charge is -2.46. The summed E-state index contributed by atoms with van der Waals surface area (Å²) in [4.78, 5) is 14.2. The largest absolute Gasteiger partial charge is 0.393 e. The molecule has 20 heavy (non-hydrogen) atoms. The lowest BCUT2D eigenvalue weighted by molar-refractivity contribution is -0.146. The Morgan fingerprint density at radius 2 is 1.95 bits per heavy atom. The van der Waals surface area contributed by atoms with E-state index in [9.17, 15) is 18.7 Å². The topological polar surface area (TPSA) is 40.5 Å². The minimum absolute atomic E-state index is 0.0553. The van der Waals surface area contributed by atoms with E-state index in [4.69, 9.17) is 0 Å². The number of hydrogen-bond acceptors (Lipinski definition) is 2. The van der Waals surface area contributed by atoms with E-state index in [0.29, 0.717) is 13.1 Å².